The highest BCUT2D eigenvalue weighted by Gasteiger charge is 1.95. The van der Waals surface area contributed by atoms with Crippen molar-refractivity contribution in [1.82, 2.24) is 0 Å². The Balaban J connectivity index is 2.94. The molecule has 4 heteroatoms. The number of nitrogens with two attached hydrogens (primary N) is 1. The summed E-state index contributed by atoms with van der Waals surface area (Å²) in [6.07, 6.45) is 18.0. The van der Waals surface area contributed by atoms with Gasteiger partial charge in [-0.1, -0.05) is 84.0 Å². The van der Waals surface area contributed by atoms with Gasteiger partial charge in [-0.2, -0.15) is 0 Å². The van der Waals surface area contributed by atoms with Crippen LogP contribution in [0.5, 0.6) is 0 Å². The summed E-state index contributed by atoms with van der Waals surface area (Å²) >= 11 is 0. The summed E-state index contributed by atoms with van der Waals surface area (Å²) in [5.41, 5.74) is 5.33. The molecule has 0 saturated heterocycles. The van der Waals surface area contributed by atoms with Crippen molar-refractivity contribution in [1.29, 1.82) is 0 Å². The molecule has 0 rings (SSSR count). The van der Waals surface area contributed by atoms with Gasteiger partial charge in [0, 0.05) is 13.2 Å². The van der Waals surface area contributed by atoms with Crippen molar-refractivity contribution in [3.8, 4) is 0 Å². The topological polar surface area (TPSA) is 53.7 Å². The van der Waals surface area contributed by atoms with Gasteiger partial charge in [0.25, 0.3) is 0 Å². The second-order valence-corrected chi connectivity index (χ2v) is 6.87. The molecule has 0 heterocycles. The molecular formula is C21H45NO3. The minimum absolute atomic E-state index is 0.572. The number of ether oxygens (including phenoxy) is 3. The zero-order chi connectivity index (χ0) is 18.3. The summed E-state index contributed by atoms with van der Waals surface area (Å²) in [7, 11) is 0. The number of hydrogen-bond donors (Lipinski definition) is 1. The van der Waals surface area contributed by atoms with Crippen molar-refractivity contribution in [2.24, 2.45) is 5.73 Å². The normalized spacial score (nSPS) is 11.3. The third kappa shape index (κ3) is 23.8. The SMILES string of the molecule is CCCCCCCCCCCCCCCOCCOCCOCCN. The fraction of sp³-hybridized carbons (Fsp3) is 1.00. The van der Waals surface area contributed by atoms with Crippen LogP contribution in [0.25, 0.3) is 0 Å². The maximum Gasteiger partial charge on any atom is 0.0701 e. The van der Waals surface area contributed by atoms with Gasteiger partial charge >= 0.3 is 0 Å². The van der Waals surface area contributed by atoms with Crippen molar-refractivity contribution in [3.05, 3.63) is 0 Å². The van der Waals surface area contributed by atoms with E-state index in [1.165, 1.54) is 83.5 Å². The lowest BCUT2D eigenvalue weighted by molar-refractivity contribution is 0.0153. The molecule has 0 aromatic heterocycles. The standard InChI is InChI=1S/C21H45NO3/c1-2-3-4-5-6-7-8-9-10-11-12-13-14-16-23-18-20-25-21-19-24-17-15-22/h2-22H2,1H3. The van der Waals surface area contributed by atoms with E-state index in [2.05, 4.69) is 6.92 Å². The largest absolute Gasteiger partial charge is 0.379 e. The number of unbranched alkanes of at least 4 members (excludes halogenated alkanes) is 12. The summed E-state index contributed by atoms with van der Waals surface area (Å²) in [5.74, 6) is 0. The molecule has 0 bridgehead atoms. The first kappa shape index (κ1) is 24.8. The molecule has 0 aromatic carbocycles. The minimum atomic E-state index is 0.572. The zero-order valence-corrected chi connectivity index (χ0v) is 16.9. The highest BCUT2D eigenvalue weighted by molar-refractivity contribution is 4.49. The van der Waals surface area contributed by atoms with E-state index in [1.807, 2.05) is 0 Å². The summed E-state index contributed by atoms with van der Waals surface area (Å²) in [6, 6.07) is 0. The Hall–Kier alpha value is -0.160. The third-order valence-corrected chi connectivity index (χ3v) is 4.40. The Bertz CT molecular complexity index is 205. The molecule has 0 aliphatic heterocycles. The predicted molar refractivity (Wildman–Crippen MR) is 107 cm³/mol. The molecule has 0 spiro atoms. The van der Waals surface area contributed by atoms with Gasteiger partial charge in [-0.05, 0) is 6.42 Å². The van der Waals surface area contributed by atoms with E-state index >= 15 is 0 Å². The van der Waals surface area contributed by atoms with Gasteiger partial charge in [0.2, 0.25) is 0 Å². The summed E-state index contributed by atoms with van der Waals surface area (Å²) < 4.78 is 16.2. The van der Waals surface area contributed by atoms with E-state index in [1.54, 1.807) is 0 Å². The van der Waals surface area contributed by atoms with Crippen LogP contribution in [0.3, 0.4) is 0 Å². The van der Waals surface area contributed by atoms with Gasteiger partial charge in [0.1, 0.15) is 0 Å². The Labute approximate surface area is 157 Å². The first-order valence-corrected chi connectivity index (χ1v) is 10.8. The number of rotatable bonds is 22. The predicted octanol–water partition coefficient (Wildman–Crippen LogP) is 5.09. The Morgan fingerprint density at radius 3 is 1.24 bits per heavy atom. The molecule has 0 aliphatic rings. The van der Waals surface area contributed by atoms with Gasteiger partial charge in [-0.25, -0.2) is 0 Å². The molecular weight excluding hydrogens is 314 g/mol. The van der Waals surface area contributed by atoms with Gasteiger partial charge in [0.15, 0.2) is 0 Å². The first-order valence-electron chi connectivity index (χ1n) is 10.8. The van der Waals surface area contributed by atoms with Crippen LogP contribution in [0.15, 0.2) is 0 Å². The summed E-state index contributed by atoms with van der Waals surface area (Å²) in [6.45, 7) is 6.92. The van der Waals surface area contributed by atoms with E-state index in [9.17, 15) is 0 Å². The van der Waals surface area contributed by atoms with Crippen LogP contribution in [-0.2, 0) is 14.2 Å². The molecule has 0 aromatic rings. The fourth-order valence-electron chi connectivity index (χ4n) is 2.85. The van der Waals surface area contributed by atoms with Crippen molar-refractivity contribution >= 4 is 0 Å². The van der Waals surface area contributed by atoms with Crippen molar-refractivity contribution in [3.63, 3.8) is 0 Å². The van der Waals surface area contributed by atoms with E-state index in [4.69, 9.17) is 19.9 Å². The van der Waals surface area contributed by atoms with Crippen molar-refractivity contribution in [2.45, 2.75) is 90.4 Å². The van der Waals surface area contributed by atoms with Gasteiger partial charge in [-0.3, -0.25) is 0 Å². The first-order chi connectivity index (χ1) is 12.4. The molecule has 0 aliphatic carbocycles. The van der Waals surface area contributed by atoms with Crippen LogP contribution < -0.4 is 5.73 Å². The number of hydrogen-bond acceptors (Lipinski definition) is 4. The maximum absolute atomic E-state index is 5.58. The van der Waals surface area contributed by atoms with E-state index in [0.29, 0.717) is 39.6 Å². The quantitative estimate of drug-likeness (QED) is 0.274. The molecule has 0 fully saturated rings. The highest BCUT2D eigenvalue weighted by Crippen LogP contribution is 2.12. The Morgan fingerprint density at radius 1 is 0.440 bits per heavy atom. The molecule has 25 heavy (non-hydrogen) atoms. The average Bonchev–Trinajstić information content (AvgIpc) is 2.63. The average molecular weight is 360 g/mol. The van der Waals surface area contributed by atoms with Crippen LogP contribution in [0, 0.1) is 0 Å². The molecule has 0 saturated carbocycles. The van der Waals surface area contributed by atoms with Crippen molar-refractivity contribution < 1.29 is 14.2 Å². The molecule has 0 unspecified atom stereocenters. The van der Waals surface area contributed by atoms with Crippen LogP contribution >= 0.6 is 0 Å². The lowest BCUT2D eigenvalue weighted by atomic mass is 10.0. The molecule has 4 nitrogen and oxygen atoms in total. The van der Waals surface area contributed by atoms with Gasteiger partial charge in [0.05, 0.1) is 33.0 Å². The van der Waals surface area contributed by atoms with Crippen LogP contribution in [0.1, 0.15) is 90.4 Å². The fourth-order valence-corrected chi connectivity index (χ4v) is 2.85. The molecule has 0 atom stereocenters. The third-order valence-electron chi connectivity index (χ3n) is 4.40. The Kier molecular flexibility index (Phi) is 23.7. The van der Waals surface area contributed by atoms with E-state index in [0.717, 1.165) is 6.61 Å². The summed E-state index contributed by atoms with van der Waals surface area (Å²) in [4.78, 5) is 0. The zero-order valence-electron chi connectivity index (χ0n) is 16.9. The second-order valence-electron chi connectivity index (χ2n) is 6.87. The minimum Gasteiger partial charge on any atom is -0.379 e. The van der Waals surface area contributed by atoms with Gasteiger partial charge in [-0.15, -0.1) is 0 Å². The summed E-state index contributed by atoms with van der Waals surface area (Å²) in [5, 5.41) is 0. The van der Waals surface area contributed by atoms with Crippen molar-refractivity contribution in [2.75, 3.05) is 46.2 Å². The molecule has 0 radical (unpaired) electrons. The maximum atomic E-state index is 5.58. The van der Waals surface area contributed by atoms with Crippen LogP contribution in [0.4, 0.5) is 0 Å². The van der Waals surface area contributed by atoms with E-state index in [-0.39, 0.29) is 0 Å². The second kappa shape index (κ2) is 23.8. The van der Waals surface area contributed by atoms with E-state index < -0.39 is 0 Å². The smallest absolute Gasteiger partial charge is 0.0701 e. The highest BCUT2D eigenvalue weighted by atomic mass is 16.5. The van der Waals surface area contributed by atoms with Crippen LogP contribution in [0.2, 0.25) is 0 Å². The lowest BCUT2D eigenvalue weighted by Gasteiger charge is -2.06. The molecule has 0 amide bonds. The molecule has 152 valence electrons. The molecule has 2 N–H and O–H groups in total. The monoisotopic (exact) mass is 359 g/mol. The van der Waals surface area contributed by atoms with Gasteiger partial charge < -0.3 is 19.9 Å². The lowest BCUT2D eigenvalue weighted by Crippen LogP contribution is -2.13. The Morgan fingerprint density at radius 2 is 0.800 bits per heavy atom. The van der Waals surface area contributed by atoms with Crippen LogP contribution in [-0.4, -0.2) is 46.2 Å².